The molecule has 0 saturated heterocycles. The Morgan fingerprint density at radius 3 is 1.84 bits per heavy atom. The van der Waals surface area contributed by atoms with E-state index in [4.69, 9.17) is 38.5 Å². The highest BCUT2D eigenvalue weighted by molar-refractivity contribution is 7.46. The molecule has 0 heterocycles. The maximum Gasteiger partial charge on any atom is 0.469 e. The number of nitrogens with two attached hydrogens (primary N) is 5. The summed E-state index contributed by atoms with van der Waals surface area (Å²) in [7, 11) is -5.10. The van der Waals surface area contributed by atoms with Crippen molar-refractivity contribution >= 4 is 67.7 Å². The number of phosphoric ester groups is 1. The molecular formula is C34H66N13O14P. The lowest BCUT2D eigenvalue weighted by Crippen LogP contribution is -2.60. The van der Waals surface area contributed by atoms with Crippen molar-refractivity contribution in [3.05, 3.63) is 0 Å². The van der Waals surface area contributed by atoms with Gasteiger partial charge in [0, 0.05) is 20.0 Å². The Kier molecular flexibility index (Phi) is 31.8. The van der Waals surface area contributed by atoms with Gasteiger partial charge in [0.25, 0.3) is 0 Å². The summed E-state index contributed by atoms with van der Waals surface area (Å²) in [5, 5.41) is 26.3. The fourth-order valence-corrected chi connectivity index (χ4v) is 4.99. The quantitative estimate of drug-likeness (QED) is 0.0101. The number of aliphatic hydroxyl groups is 1. The van der Waals surface area contributed by atoms with Gasteiger partial charge in [0.2, 0.25) is 41.4 Å². The molecule has 0 aromatic heterocycles. The molecule has 0 spiro atoms. The molecule has 356 valence electrons. The number of guanidine groups is 1. The Bertz CT molecular complexity index is 1510. The average molecular weight is 912 g/mol. The van der Waals surface area contributed by atoms with Crippen molar-refractivity contribution in [2.24, 2.45) is 33.7 Å². The Hall–Kier alpha value is -5.15. The third-order valence-corrected chi connectivity index (χ3v) is 8.47. The molecule has 0 radical (unpaired) electrons. The molecule has 28 heteroatoms. The molecule has 0 saturated carbocycles. The maximum atomic E-state index is 12.9. The summed E-state index contributed by atoms with van der Waals surface area (Å²) in [4.78, 5) is 128. The number of nitrogens with zero attached hydrogens (tertiary/aromatic N) is 1. The molecule has 0 aliphatic rings. The highest BCUT2D eigenvalue weighted by atomic mass is 31.2. The number of phosphoric acid groups is 1. The summed E-state index contributed by atoms with van der Waals surface area (Å²) in [6.45, 7) is 3.01. The fourth-order valence-electron chi connectivity index (χ4n) is 4.64. The summed E-state index contributed by atoms with van der Waals surface area (Å²) in [5.74, 6) is -5.17. The van der Waals surface area contributed by atoms with Gasteiger partial charge in [-0.2, -0.15) is 0 Å². The van der Waals surface area contributed by atoms with Crippen LogP contribution in [0.2, 0.25) is 0 Å². The molecule has 62 heavy (non-hydrogen) atoms. The number of hydrogen-bond donors (Lipinski definition) is 15. The van der Waals surface area contributed by atoms with Gasteiger partial charge in [-0.3, -0.25) is 43.1 Å². The molecule has 7 atom stereocenters. The Labute approximate surface area is 359 Å². The van der Waals surface area contributed by atoms with E-state index in [1.165, 1.54) is 6.92 Å². The van der Waals surface area contributed by atoms with Crippen molar-refractivity contribution in [1.29, 1.82) is 0 Å². The van der Waals surface area contributed by atoms with E-state index in [0.717, 1.165) is 6.92 Å². The molecule has 27 nitrogen and oxygen atoms in total. The van der Waals surface area contributed by atoms with Gasteiger partial charge in [-0.25, -0.2) is 4.57 Å². The van der Waals surface area contributed by atoms with Crippen molar-refractivity contribution in [3.8, 4) is 0 Å². The van der Waals surface area contributed by atoms with Crippen molar-refractivity contribution in [3.63, 3.8) is 0 Å². The van der Waals surface area contributed by atoms with Crippen molar-refractivity contribution in [1.82, 2.24) is 37.2 Å². The number of carbonyl (C=O) groups is 9. The van der Waals surface area contributed by atoms with Crippen LogP contribution in [0.25, 0.3) is 0 Å². The monoisotopic (exact) mass is 911 g/mol. The van der Waals surface area contributed by atoms with Gasteiger partial charge < -0.3 is 90.4 Å². The summed E-state index contributed by atoms with van der Waals surface area (Å²) in [6, 6.07) is -6.55. The van der Waals surface area contributed by atoms with E-state index in [-0.39, 0.29) is 24.2 Å². The first-order chi connectivity index (χ1) is 29.0. The minimum Gasteiger partial charge on any atom is -0.391 e. The topological polar surface area (TPSA) is 467 Å². The standard InChI is InChI=1S/C25H47N8O12P.C9H19N5O2/c1-15(35)22(25(41)30-11-20(37)29-12-21(38)31-17(13-34)7-3-5-9-26)33-24(40)19(14-45-46(42,43)44)32-23(39)18(27)8-4-6-10-28-16(2)36;1-6(10)8(16)14-7(5-15)3-2-4-13-9(11)12/h13,15,17-19,22,35H,3-12,14,26-27H2,1-2H3,(H,28,36)(H,29,37)(H,30,41)(H,31,38)(H,32,39)(H,33,40)(H2,42,43,44);5-7H,2-4,10H2,1H3,(H,14,16)(H4,11,12,13)/t15-,17+,18+,19+,22+;6-,7-/m10/s1. The van der Waals surface area contributed by atoms with Crippen LogP contribution in [0.15, 0.2) is 4.99 Å². The number of unbranched alkanes of at least 4 members (excludes halogenated alkanes) is 2. The van der Waals surface area contributed by atoms with E-state index >= 15 is 0 Å². The number of rotatable bonds is 31. The van der Waals surface area contributed by atoms with Gasteiger partial charge in [-0.05, 0) is 71.8 Å². The van der Waals surface area contributed by atoms with E-state index in [2.05, 4.69) is 46.7 Å². The molecule has 0 unspecified atom stereocenters. The van der Waals surface area contributed by atoms with Crippen molar-refractivity contribution < 1.29 is 67.1 Å². The zero-order valence-electron chi connectivity index (χ0n) is 35.2. The molecule has 7 amide bonds. The molecule has 0 aliphatic carbocycles. The summed E-state index contributed by atoms with van der Waals surface area (Å²) in [6.07, 6.45) is 3.47. The molecule has 0 aromatic carbocycles. The average Bonchev–Trinajstić information content (AvgIpc) is 3.19. The number of nitrogens with one attached hydrogen (secondary N) is 7. The Morgan fingerprint density at radius 2 is 1.31 bits per heavy atom. The van der Waals surface area contributed by atoms with E-state index in [0.29, 0.717) is 77.2 Å². The second-order valence-corrected chi connectivity index (χ2v) is 15.0. The predicted molar refractivity (Wildman–Crippen MR) is 223 cm³/mol. The lowest BCUT2D eigenvalue weighted by molar-refractivity contribution is -0.135. The molecule has 0 aromatic rings. The summed E-state index contributed by atoms with van der Waals surface area (Å²) >= 11 is 0. The molecule has 0 bridgehead atoms. The Morgan fingerprint density at radius 1 is 0.726 bits per heavy atom. The minimum atomic E-state index is -5.10. The highest BCUT2D eigenvalue weighted by Gasteiger charge is 2.32. The van der Waals surface area contributed by atoms with Gasteiger partial charge in [-0.15, -0.1) is 0 Å². The van der Waals surface area contributed by atoms with Crippen LogP contribution in [0, 0.1) is 0 Å². The molecule has 0 fully saturated rings. The normalized spacial score (nSPS) is 14.2. The second-order valence-electron chi connectivity index (χ2n) is 13.7. The summed E-state index contributed by atoms with van der Waals surface area (Å²) in [5.41, 5.74) is 26.9. The van der Waals surface area contributed by atoms with Crippen LogP contribution in [0.3, 0.4) is 0 Å². The van der Waals surface area contributed by atoms with Crippen LogP contribution in [-0.2, 0) is 52.2 Å². The molecule has 0 rings (SSSR count). The van der Waals surface area contributed by atoms with Crippen LogP contribution < -0.4 is 65.9 Å². The van der Waals surface area contributed by atoms with Gasteiger partial charge in [0.1, 0.15) is 24.7 Å². The van der Waals surface area contributed by atoms with Gasteiger partial charge in [-0.1, -0.05) is 0 Å². The number of amides is 7. The number of hydrogen-bond acceptors (Lipinski definition) is 16. The van der Waals surface area contributed by atoms with E-state index in [9.17, 15) is 52.8 Å². The SMILES string of the molecule is CC(=O)NCCCC[C@H](N)C(=O)N[C@@H](COP(=O)(O)O)C(=O)N[C@H](C(=O)NCC(=O)NCC(=O)N[C@H](C=O)CCCCN)[C@@H](C)O.C[C@H](N)C(=O)N[C@H](C=O)CCCN=C(N)N. The first kappa shape index (κ1) is 58.9. The van der Waals surface area contributed by atoms with E-state index in [1.807, 2.05) is 0 Å². The van der Waals surface area contributed by atoms with Crippen LogP contribution in [0.4, 0.5) is 0 Å². The lowest BCUT2D eigenvalue weighted by Gasteiger charge is -2.25. The van der Waals surface area contributed by atoms with E-state index < -0.39 is 99.4 Å². The minimum absolute atomic E-state index is 0.0160. The largest absolute Gasteiger partial charge is 0.469 e. The maximum absolute atomic E-state index is 12.9. The number of aliphatic hydroxyl groups excluding tert-OH is 1. The summed E-state index contributed by atoms with van der Waals surface area (Å²) < 4.78 is 15.6. The number of aldehydes is 2. The molecule has 0 aliphatic heterocycles. The van der Waals surface area contributed by atoms with Crippen LogP contribution >= 0.6 is 7.82 Å². The third kappa shape index (κ3) is 31.7. The van der Waals surface area contributed by atoms with E-state index in [1.54, 1.807) is 6.92 Å². The van der Waals surface area contributed by atoms with Crippen LogP contribution in [0.1, 0.15) is 72.1 Å². The van der Waals surface area contributed by atoms with Gasteiger partial charge in [0.15, 0.2) is 5.96 Å². The zero-order valence-corrected chi connectivity index (χ0v) is 36.1. The lowest BCUT2D eigenvalue weighted by atomic mass is 10.1. The predicted octanol–water partition coefficient (Wildman–Crippen LogP) is -6.80. The zero-order chi connectivity index (χ0) is 47.8. The first-order valence-electron chi connectivity index (χ1n) is 19.5. The smallest absolute Gasteiger partial charge is 0.391 e. The molecular weight excluding hydrogens is 845 g/mol. The Balaban J connectivity index is 0. The number of carbonyl (C=O) groups excluding carboxylic acids is 9. The molecule has 20 N–H and O–H groups in total. The second kappa shape index (κ2) is 33.5. The fraction of sp³-hybridized carbons (Fsp3) is 0.706. The van der Waals surface area contributed by atoms with Crippen molar-refractivity contribution in [2.75, 3.05) is 39.3 Å². The van der Waals surface area contributed by atoms with Crippen LogP contribution in [-0.4, -0.2) is 156 Å². The first-order valence-corrected chi connectivity index (χ1v) is 21.0. The third-order valence-electron chi connectivity index (χ3n) is 7.98. The number of aliphatic imine (C=N–C) groups is 1. The van der Waals surface area contributed by atoms with Crippen molar-refractivity contribution in [2.45, 2.75) is 114 Å². The van der Waals surface area contributed by atoms with Gasteiger partial charge >= 0.3 is 7.82 Å². The highest BCUT2D eigenvalue weighted by Crippen LogP contribution is 2.35. The van der Waals surface area contributed by atoms with Crippen LogP contribution in [0.5, 0.6) is 0 Å². The van der Waals surface area contributed by atoms with Gasteiger partial charge in [0.05, 0.1) is 50.0 Å².